The number of piperidine rings is 1. The lowest BCUT2D eigenvalue weighted by atomic mass is 9.82. The Balaban J connectivity index is 1.48. The minimum Gasteiger partial charge on any atom is -0.480 e. The number of aliphatic carboxylic acids is 1. The topological polar surface area (TPSA) is 128 Å². The summed E-state index contributed by atoms with van der Waals surface area (Å²) in [6.45, 7) is 2.36. The largest absolute Gasteiger partial charge is 0.480 e. The number of aliphatic hydroxyl groups excluding tert-OH is 2. The molecule has 9 nitrogen and oxygen atoms in total. The first-order chi connectivity index (χ1) is 12.0. The molecular weight excluding hydrogens is 328 g/mol. The second-order valence-electron chi connectivity index (χ2n) is 6.77. The van der Waals surface area contributed by atoms with E-state index in [1.807, 2.05) is 0 Å². The van der Waals surface area contributed by atoms with Crippen molar-refractivity contribution in [2.75, 3.05) is 31.6 Å². The van der Waals surface area contributed by atoms with E-state index in [-0.39, 0.29) is 18.8 Å². The molecule has 0 unspecified atom stereocenters. The van der Waals surface area contributed by atoms with Gasteiger partial charge in [-0.05, 0) is 12.8 Å². The Hall–Kier alpha value is -1.81. The Morgan fingerprint density at radius 3 is 2.56 bits per heavy atom. The van der Waals surface area contributed by atoms with Crippen LogP contribution >= 0.6 is 0 Å². The highest BCUT2D eigenvalue weighted by atomic mass is 16.5. The van der Waals surface area contributed by atoms with Gasteiger partial charge in [-0.2, -0.15) is 0 Å². The number of aromatic nitrogens is 2. The molecule has 0 saturated carbocycles. The number of rotatable bonds is 5. The lowest BCUT2D eigenvalue weighted by molar-refractivity contribution is -0.188. The van der Waals surface area contributed by atoms with Gasteiger partial charge in [-0.25, -0.2) is 9.97 Å². The fraction of sp³-hybridized carbons (Fsp3) is 0.688. The molecular formula is C16H24N4O5. The summed E-state index contributed by atoms with van der Waals surface area (Å²) in [5.74, 6) is -0.663. The van der Waals surface area contributed by atoms with Gasteiger partial charge in [-0.1, -0.05) is 0 Å². The second-order valence-corrected chi connectivity index (χ2v) is 6.77. The summed E-state index contributed by atoms with van der Waals surface area (Å²) in [6, 6.07) is 0. The van der Waals surface area contributed by atoms with Crippen LogP contribution in [0.2, 0.25) is 0 Å². The third-order valence-electron chi connectivity index (χ3n) is 4.86. The summed E-state index contributed by atoms with van der Waals surface area (Å²) >= 11 is 0. The number of nitrogens with one attached hydrogen (secondary N) is 1. The Bertz CT molecular complexity index is 589. The van der Waals surface area contributed by atoms with E-state index in [1.165, 1.54) is 0 Å². The fourth-order valence-electron chi connectivity index (χ4n) is 3.36. The van der Waals surface area contributed by atoms with Crippen LogP contribution in [0.5, 0.6) is 0 Å². The molecule has 2 fully saturated rings. The van der Waals surface area contributed by atoms with E-state index in [4.69, 9.17) is 9.84 Å². The highest BCUT2D eigenvalue weighted by Gasteiger charge is 2.42. The van der Waals surface area contributed by atoms with Crippen LogP contribution in [0.3, 0.4) is 0 Å². The highest BCUT2D eigenvalue weighted by molar-refractivity contribution is 5.71. The molecule has 2 aliphatic rings. The van der Waals surface area contributed by atoms with E-state index in [0.717, 1.165) is 31.5 Å². The highest BCUT2D eigenvalue weighted by Crippen LogP contribution is 2.35. The number of carbonyl (C=O) groups is 1. The molecule has 2 aliphatic heterocycles. The molecule has 4 N–H and O–H groups in total. The summed E-state index contributed by atoms with van der Waals surface area (Å²) < 4.78 is 5.83. The van der Waals surface area contributed by atoms with Crippen molar-refractivity contribution in [2.24, 2.45) is 0 Å². The van der Waals surface area contributed by atoms with E-state index in [2.05, 4.69) is 20.2 Å². The maximum atomic E-state index is 10.5. The maximum absolute atomic E-state index is 10.5. The van der Waals surface area contributed by atoms with Crippen molar-refractivity contribution in [3.63, 3.8) is 0 Å². The van der Waals surface area contributed by atoms with Gasteiger partial charge < -0.3 is 25.4 Å². The lowest BCUT2D eigenvalue weighted by Gasteiger charge is -2.46. The fourth-order valence-corrected chi connectivity index (χ4v) is 3.36. The van der Waals surface area contributed by atoms with Crippen LogP contribution in [0.1, 0.15) is 24.8 Å². The number of anilines is 1. The van der Waals surface area contributed by atoms with Crippen LogP contribution in [0.15, 0.2) is 12.4 Å². The summed E-state index contributed by atoms with van der Waals surface area (Å²) in [5, 5.41) is 30.7. The number of hydrogen-bond donors (Lipinski definition) is 4. The van der Waals surface area contributed by atoms with Gasteiger partial charge in [0.15, 0.2) is 0 Å². The normalized spacial score (nSPS) is 26.5. The smallest absolute Gasteiger partial charge is 0.322 e. The van der Waals surface area contributed by atoms with Crippen molar-refractivity contribution in [1.82, 2.24) is 14.9 Å². The molecule has 3 heterocycles. The number of hydrogen-bond acceptors (Lipinski definition) is 8. The Morgan fingerprint density at radius 2 is 1.96 bits per heavy atom. The molecule has 1 aromatic rings. The summed E-state index contributed by atoms with van der Waals surface area (Å²) in [6.07, 6.45) is 4.01. The number of carboxylic acid groups (broad SMARTS) is 1. The SMILES string of the molecule is O=C(O)CNc1ncc(CN2CCC3(CC2)C[C@@H](O)[C@@H](O)CO3)cn1. The van der Waals surface area contributed by atoms with Crippen LogP contribution in [0, 0.1) is 0 Å². The van der Waals surface area contributed by atoms with Crippen LogP contribution < -0.4 is 5.32 Å². The molecule has 0 aliphatic carbocycles. The number of aliphatic hydroxyl groups is 2. The molecule has 1 spiro atoms. The first kappa shape index (κ1) is 18.0. The summed E-state index contributed by atoms with van der Waals surface area (Å²) in [7, 11) is 0. The minimum atomic E-state index is -0.961. The Kier molecular flexibility index (Phi) is 5.48. The van der Waals surface area contributed by atoms with Crippen molar-refractivity contribution in [1.29, 1.82) is 0 Å². The number of nitrogens with zero attached hydrogens (tertiary/aromatic N) is 3. The molecule has 0 amide bonds. The van der Waals surface area contributed by atoms with E-state index < -0.39 is 18.2 Å². The van der Waals surface area contributed by atoms with Gasteiger partial charge in [-0.3, -0.25) is 9.69 Å². The number of ether oxygens (including phenoxy) is 1. The predicted molar refractivity (Wildman–Crippen MR) is 88.0 cm³/mol. The van der Waals surface area contributed by atoms with Crippen LogP contribution in [-0.4, -0.2) is 80.2 Å². The van der Waals surface area contributed by atoms with Crippen LogP contribution in [0.25, 0.3) is 0 Å². The summed E-state index contributed by atoms with van der Waals surface area (Å²) in [5.41, 5.74) is 0.632. The third-order valence-corrected chi connectivity index (χ3v) is 4.86. The zero-order chi connectivity index (χ0) is 17.9. The number of carboxylic acids is 1. The van der Waals surface area contributed by atoms with Gasteiger partial charge in [0.1, 0.15) is 12.6 Å². The zero-order valence-electron chi connectivity index (χ0n) is 14.0. The molecule has 9 heteroatoms. The lowest BCUT2D eigenvalue weighted by Crippen LogP contribution is -2.54. The standard InChI is InChI=1S/C16H24N4O5/c21-12-5-16(25-10-13(12)22)1-3-20(4-2-16)9-11-6-17-15(18-7-11)19-8-14(23)24/h6-7,12-13,21-22H,1-5,8-10H2,(H,23,24)(H,17,18,19)/t12-,13+/m1/s1. The molecule has 0 radical (unpaired) electrons. The molecule has 2 atom stereocenters. The average molecular weight is 352 g/mol. The quantitative estimate of drug-likeness (QED) is 0.552. The van der Waals surface area contributed by atoms with Crippen molar-refractivity contribution in [2.45, 2.75) is 43.6 Å². The first-order valence-corrected chi connectivity index (χ1v) is 8.45. The molecule has 3 rings (SSSR count). The molecule has 25 heavy (non-hydrogen) atoms. The predicted octanol–water partition coefficient (Wildman–Crippen LogP) is -0.550. The molecule has 1 aromatic heterocycles. The minimum absolute atomic E-state index is 0.194. The second kappa shape index (κ2) is 7.61. The molecule has 0 bridgehead atoms. The van der Waals surface area contributed by atoms with E-state index in [1.54, 1.807) is 12.4 Å². The van der Waals surface area contributed by atoms with E-state index in [0.29, 0.717) is 18.9 Å². The molecule has 138 valence electrons. The first-order valence-electron chi connectivity index (χ1n) is 8.45. The van der Waals surface area contributed by atoms with Crippen molar-refractivity contribution < 1.29 is 24.9 Å². The Labute approximate surface area is 145 Å². The van der Waals surface area contributed by atoms with Gasteiger partial charge in [0.2, 0.25) is 5.95 Å². The van der Waals surface area contributed by atoms with Crippen molar-refractivity contribution >= 4 is 11.9 Å². The van der Waals surface area contributed by atoms with Crippen LogP contribution in [0.4, 0.5) is 5.95 Å². The Morgan fingerprint density at radius 1 is 1.28 bits per heavy atom. The van der Waals surface area contributed by atoms with Gasteiger partial charge in [0, 0.05) is 44.0 Å². The zero-order valence-corrected chi connectivity index (χ0v) is 14.0. The molecule has 0 aromatic carbocycles. The third kappa shape index (κ3) is 4.63. The van der Waals surface area contributed by atoms with Crippen LogP contribution in [-0.2, 0) is 16.1 Å². The maximum Gasteiger partial charge on any atom is 0.322 e. The van der Waals surface area contributed by atoms with Gasteiger partial charge in [0.25, 0.3) is 0 Å². The summed E-state index contributed by atoms with van der Waals surface area (Å²) in [4.78, 5) is 21.0. The average Bonchev–Trinajstić information content (AvgIpc) is 2.60. The number of likely N-dealkylation sites (tertiary alicyclic amines) is 1. The van der Waals surface area contributed by atoms with Gasteiger partial charge in [-0.15, -0.1) is 0 Å². The molecule has 2 saturated heterocycles. The van der Waals surface area contributed by atoms with Crippen molar-refractivity contribution in [3.8, 4) is 0 Å². The van der Waals surface area contributed by atoms with E-state index in [9.17, 15) is 15.0 Å². The van der Waals surface area contributed by atoms with E-state index >= 15 is 0 Å². The van der Waals surface area contributed by atoms with Gasteiger partial charge in [0.05, 0.1) is 18.3 Å². The monoisotopic (exact) mass is 352 g/mol. The van der Waals surface area contributed by atoms with Gasteiger partial charge >= 0.3 is 5.97 Å². The van der Waals surface area contributed by atoms with Crippen molar-refractivity contribution in [3.05, 3.63) is 18.0 Å².